The molecule has 2 aromatic carbocycles. The van der Waals surface area contributed by atoms with Gasteiger partial charge in [-0.05, 0) is 43.3 Å². The van der Waals surface area contributed by atoms with E-state index in [2.05, 4.69) is 9.88 Å². The van der Waals surface area contributed by atoms with Crippen molar-refractivity contribution in [3.8, 4) is 0 Å². The van der Waals surface area contributed by atoms with Gasteiger partial charge in [-0.2, -0.15) is 0 Å². The first-order chi connectivity index (χ1) is 12.4. The van der Waals surface area contributed by atoms with Gasteiger partial charge in [0.2, 0.25) is 0 Å². The fourth-order valence-electron chi connectivity index (χ4n) is 2.35. The van der Waals surface area contributed by atoms with Crippen molar-refractivity contribution in [1.29, 1.82) is 0 Å². The van der Waals surface area contributed by atoms with E-state index in [1.54, 1.807) is 14.0 Å². The number of carbonyl (C=O) groups excluding carboxylic acids is 1. The van der Waals surface area contributed by atoms with Crippen LogP contribution in [0.4, 0.5) is 11.5 Å². The Hall–Kier alpha value is -3.13. The molecule has 0 atom stereocenters. The zero-order chi connectivity index (χ0) is 18.7. The molecule has 0 spiro atoms. The van der Waals surface area contributed by atoms with E-state index in [1.807, 2.05) is 30.3 Å². The third-order valence-corrected chi connectivity index (χ3v) is 5.10. The maximum absolute atomic E-state index is 12.5. The Labute approximate surface area is 151 Å². The van der Waals surface area contributed by atoms with Gasteiger partial charge in [0.15, 0.2) is 5.82 Å². The van der Waals surface area contributed by atoms with Crippen LogP contribution in [0.25, 0.3) is 0 Å². The molecule has 1 amide bonds. The number of anilines is 2. The lowest BCUT2D eigenvalue weighted by Gasteiger charge is -2.17. The predicted molar refractivity (Wildman–Crippen MR) is 97.7 cm³/mol. The fourth-order valence-corrected chi connectivity index (χ4v) is 3.33. The van der Waals surface area contributed by atoms with Crippen molar-refractivity contribution >= 4 is 27.4 Å². The molecule has 0 radical (unpaired) electrons. The quantitative estimate of drug-likeness (QED) is 0.744. The largest absolute Gasteiger partial charge is 0.360 e. The van der Waals surface area contributed by atoms with Gasteiger partial charge < -0.3 is 9.42 Å². The summed E-state index contributed by atoms with van der Waals surface area (Å²) in [7, 11) is -2.15. The molecule has 3 rings (SSSR count). The Morgan fingerprint density at radius 2 is 1.73 bits per heavy atom. The first kappa shape index (κ1) is 17.7. The topological polar surface area (TPSA) is 92.5 Å². The van der Waals surface area contributed by atoms with E-state index in [-0.39, 0.29) is 16.6 Å². The van der Waals surface area contributed by atoms with Gasteiger partial charge in [0, 0.05) is 24.4 Å². The number of nitrogens with one attached hydrogen (secondary N) is 1. The van der Waals surface area contributed by atoms with Crippen molar-refractivity contribution in [3.63, 3.8) is 0 Å². The van der Waals surface area contributed by atoms with E-state index in [9.17, 15) is 13.2 Å². The summed E-state index contributed by atoms with van der Waals surface area (Å²) in [6.45, 7) is 1.66. The van der Waals surface area contributed by atoms with Gasteiger partial charge in [0.1, 0.15) is 5.76 Å². The number of aromatic nitrogens is 1. The van der Waals surface area contributed by atoms with Gasteiger partial charge in [-0.15, -0.1) is 0 Å². The number of para-hydroxylation sites is 1. The molecular formula is C18H17N3O4S. The Balaban J connectivity index is 1.78. The molecule has 1 N–H and O–H groups in total. The zero-order valence-corrected chi connectivity index (χ0v) is 15.0. The summed E-state index contributed by atoms with van der Waals surface area (Å²) in [6, 6.07) is 16.4. The van der Waals surface area contributed by atoms with Gasteiger partial charge >= 0.3 is 0 Å². The van der Waals surface area contributed by atoms with Crippen molar-refractivity contribution < 1.29 is 17.7 Å². The van der Waals surface area contributed by atoms with Crippen LogP contribution in [-0.2, 0) is 10.0 Å². The van der Waals surface area contributed by atoms with Crippen LogP contribution in [0.3, 0.4) is 0 Å². The van der Waals surface area contributed by atoms with Crippen LogP contribution in [0.5, 0.6) is 0 Å². The zero-order valence-electron chi connectivity index (χ0n) is 14.2. The Morgan fingerprint density at radius 3 is 2.31 bits per heavy atom. The molecule has 0 aliphatic carbocycles. The lowest BCUT2D eigenvalue weighted by molar-refractivity contribution is 0.0993. The van der Waals surface area contributed by atoms with Gasteiger partial charge in [-0.1, -0.05) is 23.4 Å². The fraction of sp³-hybridized carbons (Fsp3) is 0.111. The first-order valence-corrected chi connectivity index (χ1v) is 9.24. The third kappa shape index (κ3) is 3.75. The molecule has 1 aromatic heterocycles. The lowest BCUT2D eigenvalue weighted by atomic mass is 10.2. The van der Waals surface area contributed by atoms with Crippen LogP contribution in [0, 0.1) is 6.92 Å². The number of hydrogen-bond acceptors (Lipinski definition) is 5. The monoisotopic (exact) mass is 371 g/mol. The summed E-state index contributed by atoms with van der Waals surface area (Å²) in [5.41, 5.74) is 1.13. The van der Waals surface area contributed by atoms with E-state index in [0.717, 1.165) is 5.69 Å². The summed E-state index contributed by atoms with van der Waals surface area (Å²) in [5.74, 6) is 0.360. The third-order valence-electron chi connectivity index (χ3n) is 3.73. The number of rotatable bonds is 5. The van der Waals surface area contributed by atoms with Crippen molar-refractivity contribution in [2.24, 2.45) is 0 Å². The van der Waals surface area contributed by atoms with Crippen LogP contribution < -0.4 is 9.62 Å². The second-order valence-electron chi connectivity index (χ2n) is 5.65. The highest BCUT2D eigenvalue weighted by molar-refractivity contribution is 7.92. The van der Waals surface area contributed by atoms with Crippen LogP contribution in [0.2, 0.25) is 0 Å². The molecule has 7 nitrogen and oxygen atoms in total. The lowest BCUT2D eigenvalue weighted by Crippen LogP contribution is -2.26. The average Bonchev–Trinajstić information content (AvgIpc) is 3.05. The smallest absolute Gasteiger partial charge is 0.263 e. The summed E-state index contributed by atoms with van der Waals surface area (Å²) in [6.07, 6.45) is 0. The van der Waals surface area contributed by atoms with Crippen LogP contribution in [0.1, 0.15) is 16.1 Å². The summed E-state index contributed by atoms with van der Waals surface area (Å²) < 4.78 is 31.9. The number of aryl methyl sites for hydroxylation is 1. The molecule has 0 aliphatic heterocycles. The number of sulfonamides is 1. The molecule has 26 heavy (non-hydrogen) atoms. The van der Waals surface area contributed by atoms with Crippen molar-refractivity contribution in [2.45, 2.75) is 11.8 Å². The normalized spacial score (nSPS) is 11.2. The number of carbonyl (C=O) groups is 1. The number of hydrogen-bond donors (Lipinski definition) is 1. The highest BCUT2D eigenvalue weighted by atomic mass is 32.2. The summed E-state index contributed by atoms with van der Waals surface area (Å²) in [5, 5.41) is 3.60. The first-order valence-electron chi connectivity index (χ1n) is 7.76. The van der Waals surface area contributed by atoms with Gasteiger partial charge in [-0.3, -0.25) is 9.52 Å². The van der Waals surface area contributed by atoms with Crippen molar-refractivity contribution in [1.82, 2.24) is 5.16 Å². The van der Waals surface area contributed by atoms with E-state index < -0.39 is 10.0 Å². The predicted octanol–water partition coefficient (Wildman–Crippen LogP) is 3.06. The van der Waals surface area contributed by atoms with E-state index in [4.69, 9.17) is 4.52 Å². The molecule has 0 unspecified atom stereocenters. The van der Waals surface area contributed by atoms with Crippen LogP contribution >= 0.6 is 0 Å². The molecule has 3 aromatic rings. The molecule has 0 bridgehead atoms. The molecule has 0 saturated carbocycles. The van der Waals surface area contributed by atoms with Crippen molar-refractivity contribution in [2.75, 3.05) is 16.7 Å². The van der Waals surface area contributed by atoms with E-state index >= 15 is 0 Å². The molecule has 134 valence electrons. The maximum atomic E-state index is 12.5. The maximum Gasteiger partial charge on any atom is 0.263 e. The Morgan fingerprint density at radius 1 is 1.08 bits per heavy atom. The number of nitrogens with zero attached hydrogens (tertiary/aromatic N) is 2. The minimum Gasteiger partial charge on any atom is -0.360 e. The van der Waals surface area contributed by atoms with Crippen LogP contribution in [-0.4, -0.2) is 26.5 Å². The highest BCUT2D eigenvalue weighted by Crippen LogP contribution is 2.19. The molecule has 8 heteroatoms. The van der Waals surface area contributed by atoms with E-state index in [0.29, 0.717) is 11.3 Å². The average molecular weight is 371 g/mol. The second-order valence-corrected chi connectivity index (χ2v) is 7.33. The Bertz CT molecular complexity index is 1010. The van der Waals surface area contributed by atoms with Gasteiger partial charge in [-0.25, -0.2) is 8.42 Å². The minimum absolute atomic E-state index is 0.0251. The highest BCUT2D eigenvalue weighted by Gasteiger charge is 2.18. The second kappa shape index (κ2) is 7.01. The number of amides is 1. The Kier molecular flexibility index (Phi) is 4.77. The SMILES string of the molecule is Cc1cc(NS(=O)(=O)c2ccc(C(=O)N(C)c3ccccc3)cc2)no1. The number of benzene rings is 2. The van der Waals surface area contributed by atoms with Crippen LogP contribution in [0.15, 0.2) is 70.1 Å². The summed E-state index contributed by atoms with van der Waals surface area (Å²) >= 11 is 0. The molecule has 0 fully saturated rings. The molecular weight excluding hydrogens is 354 g/mol. The molecule has 0 saturated heterocycles. The van der Waals surface area contributed by atoms with Gasteiger partial charge in [0.25, 0.3) is 15.9 Å². The molecule has 0 aliphatic rings. The van der Waals surface area contributed by atoms with Crippen molar-refractivity contribution in [3.05, 3.63) is 72.0 Å². The van der Waals surface area contributed by atoms with Gasteiger partial charge in [0.05, 0.1) is 4.90 Å². The summed E-state index contributed by atoms with van der Waals surface area (Å²) in [4.78, 5) is 14.1. The van der Waals surface area contributed by atoms with E-state index in [1.165, 1.54) is 35.2 Å². The minimum atomic E-state index is -3.81. The standard InChI is InChI=1S/C18H17N3O4S/c1-13-12-17(19-25-13)20-26(23,24)16-10-8-14(9-11-16)18(22)21(2)15-6-4-3-5-7-15/h3-12H,1-2H3,(H,19,20). The molecule has 1 heterocycles.